The van der Waals surface area contributed by atoms with Gasteiger partial charge < -0.3 is 9.88 Å². The molecule has 0 amide bonds. The van der Waals surface area contributed by atoms with E-state index in [9.17, 15) is 4.79 Å². The van der Waals surface area contributed by atoms with Crippen LogP contribution in [0.3, 0.4) is 0 Å². The minimum Gasteiger partial charge on any atom is -0.360 e. The summed E-state index contributed by atoms with van der Waals surface area (Å²) >= 11 is 0. The molecule has 2 rings (SSSR count). The van der Waals surface area contributed by atoms with Gasteiger partial charge in [-0.2, -0.15) is 0 Å². The molecule has 106 valence electrons. The predicted molar refractivity (Wildman–Crippen MR) is 76.7 cm³/mol. The first-order chi connectivity index (χ1) is 9.49. The number of pyridine rings is 1. The average Bonchev–Trinajstić information content (AvgIpc) is 2.88. The van der Waals surface area contributed by atoms with Crippen molar-refractivity contribution in [3.8, 4) is 0 Å². The summed E-state index contributed by atoms with van der Waals surface area (Å²) in [7, 11) is 0. The number of nitrogens with zero attached hydrogens (tertiary/aromatic N) is 4. The molecule has 0 saturated heterocycles. The van der Waals surface area contributed by atoms with Crippen LogP contribution in [-0.4, -0.2) is 25.5 Å². The minimum absolute atomic E-state index is 0.0108. The fourth-order valence-corrected chi connectivity index (χ4v) is 1.93. The SMILES string of the molecule is CC(=O)c1ccc(N[C@@H](C)c2nncn2C(C)C)nc1. The molecule has 6 nitrogen and oxygen atoms in total. The van der Waals surface area contributed by atoms with Crippen molar-refractivity contribution < 1.29 is 4.79 Å². The topological polar surface area (TPSA) is 72.7 Å². The summed E-state index contributed by atoms with van der Waals surface area (Å²) in [6.07, 6.45) is 3.30. The van der Waals surface area contributed by atoms with Crippen molar-refractivity contribution in [2.75, 3.05) is 5.32 Å². The van der Waals surface area contributed by atoms with E-state index in [0.29, 0.717) is 17.4 Å². The minimum atomic E-state index is -0.0180. The molecule has 6 heteroatoms. The van der Waals surface area contributed by atoms with E-state index in [2.05, 4.69) is 34.3 Å². The van der Waals surface area contributed by atoms with Crippen LogP contribution in [0.25, 0.3) is 0 Å². The maximum Gasteiger partial charge on any atom is 0.161 e. The van der Waals surface area contributed by atoms with Crippen molar-refractivity contribution in [1.82, 2.24) is 19.7 Å². The number of anilines is 1. The predicted octanol–water partition coefficient (Wildman–Crippen LogP) is 2.63. The molecule has 2 aromatic rings. The summed E-state index contributed by atoms with van der Waals surface area (Å²) in [6, 6.07) is 3.84. The number of Topliss-reactive ketones (excluding diaryl/α,β-unsaturated/α-hetero) is 1. The second kappa shape index (κ2) is 5.81. The fraction of sp³-hybridized carbons (Fsp3) is 0.429. The van der Waals surface area contributed by atoms with Crippen LogP contribution >= 0.6 is 0 Å². The summed E-state index contributed by atoms with van der Waals surface area (Å²) in [4.78, 5) is 15.4. The number of carbonyl (C=O) groups excluding carboxylic acids is 1. The van der Waals surface area contributed by atoms with Crippen LogP contribution in [0.5, 0.6) is 0 Å². The molecule has 0 aromatic carbocycles. The molecule has 1 atom stereocenters. The Hall–Kier alpha value is -2.24. The second-order valence-electron chi connectivity index (χ2n) is 5.04. The monoisotopic (exact) mass is 273 g/mol. The van der Waals surface area contributed by atoms with E-state index in [1.165, 1.54) is 6.92 Å². The Morgan fingerprint density at radius 2 is 2.05 bits per heavy atom. The van der Waals surface area contributed by atoms with Crippen molar-refractivity contribution in [3.05, 3.63) is 36.0 Å². The van der Waals surface area contributed by atoms with Crippen molar-refractivity contribution in [2.45, 2.75) is 39.8 Å². The second-order valence-corrected chi connectivity index (χ2v) is 5.04. The van der Waals surface area contributed by atoms with Crippen LogP contribution in [0.2, 0.25) is 0 Å². The van der Waals surface area contributed by atoms with Crippen molar-refractivity contribution >= 4 is 11.6 Å². The molecule has 1 N–H and O–H groups in total. The third-order valence-corrected chi connectivity index (χ3v) is 3.08. The third-order valence-electron chi connectivity index (χ3n) is 3.08. The standard InChI is InChI=1S/C14H19N5O/c1-9(2)19-8-16-18-14(19)10(3)17-13-6-5-12(7-15-13)11(4)20/h5-10H,1-4H3,(H,15,17)/t10-/m0/s1. The molecule has 2 heterocycles. The highest BCUT2D eigenvalue weighted by Gasteiger charge is 2.15. The molecule has 0 unspecified atom stereocenters. The summed E-state index contributed by atoms with van der Waals surface area (Å²) in [5.74, 6) is 1.58. The molecule has 0 radical (unpaired) electrons. The van der Waals surface area contributed by atoms with Crippen molar-refractivity contribution in [3.63, 3.8) is 0 Å². The number of ketones is 1. The van der Waals surface area contributed by atoms with Gasteiger partial charge in [-0.15, -0.1) is 10.2 Å². The highest BCUT2D eigenvalue weighted by Crippen LogP contribution is 2.18. The largest absolute Gasteiger partial charge is 0.360 e. The van der Waals surface area contributed by atoms with Gasteiger partial charge in [0.15, 0.2) is 11.6 Å². The average molecular weight is 273 g/mol. The maximum atomic E-state index is 11.2. The van der Waals surface area contributed by atoms with E-state index in [1.807, 2.05) is 11.5 Å². The lowest BCUT2D eigenvalue weighted by molar-refractivity contribution is 0.101. The Morgan fingerprint density at radius 1 is 1.30 bits per heavy atom. The van der Waals surface area contributed by atoms with Crippen LogP contribution in [0, 0.1) is 0 Å². The summed E-state index contributed by atoms with van der Waals surface area (Å²) in [5.41, 5.74) is 0.605. The summed E-state index contributed by atoms with van der Waals surface area (Å²) in [6.45, 7) is 7.69. The van der Waals surface area contributed by atoms with Gasteiger partial charge in [-0.25, -0.2) is 4.98 Å². The number of rotatable bonds is 5. The van der Waals surface area contributed by atoms with Crippen LogP contribution in [0.1, 0.15) is 56.0 Å². The van der Waals surface area contributed by atoms with Crippen LogP contribution in [-0.2, 0) is 0 Å². The smallest absolute Gasteiger partial charge is 0.161 e. The Labute approximate surface area is 118 Å². The molecular weight excluding hydrogens is 254 g/mol. The van der Waals surface area contributed by atoms with Gasteiger partial charge in [0.05, 0.1) is 6.04 Å². The van der Waals surface area contributed by atoms with Crippen molar-refractivity contribution in [2.24, 2.45) is 0 Å². The van der Waals surface area contributed by atoms with Gasteiger partial charge in [0, 0.05) is 17.8 Å². The van der Waals surface area contributed by atoms with Gasteiger partial charge in [0.1, 0.15) is 12.1 Å². The quantitative estimate of drug-likeness (QED) is 0.848. The van der Waals surface area contributed by atoms with Crippen LogP contribution in [0.4, 0.5) is 5.82 Å². The highest BCUT2D eigenvalue weighted by molar-refractivity contribution is 5.93. The number of carbonyl (C=O) groups is 1. The lowest BCUT2D eigenvalue weighted by atomic mass is 10.2. The Bertz CT molecular complexity index is 588. The summed E-state index contributed by atoms with van der Waals surface area (Å²) < 4.78 is 2.02. The highest BCUT2D eigenvalue weighted by atomic mass is 16.1. The molecular formula is C14H19N5O. The van der Waals surface area contributed by atoms with E-state index < -0.39 is 0 Å². The van der Waals surface area contributed by atoms with Gasteiger partial charge in [0.2, 0.25) is 0 Å². The molecule has 0 bridgehead atoms. The number of hydrogen-bond acceptors (Lipinski definition) is 5. The lowest BCUT2D eigenvalue weighted by Gasteiger charge is -2.17. The van der Waals surface area contributed by atoms with E-state index in [0.717, 1.165) is 5.82 Å². The van der Waals surface area contributed by atoms with Crippen LogP contribution < -0.4 is 5.32 Å². The number of hydrogen-bond donors (Lipinski definition) is 1. The van der Waals surface area contributed by atoms with E-state index in [-0.39, 0.29) is 11.8 Å². The molecule has 0 aliphatic rings. The first-order valence-corrected chi connectivity index (χ1v) is 6.62. The molecule has 0 spiro atoms. The van der Waals surface area contributed by atoms with E-state index in [4.69, 9.17) is 0 Å². The molecule has 0 fully saturated rings. The van der Waals surface area contributed by atoms with Crippen molar-refractivity contribution in [1.29, 1.82) is 0 Å². The van der Waals surface area contributed by atoms with E-state index >= 15 is 0 Å². The fourth-order valence-electron chi connectivity index (χ4n) is 1.93. The zero-order valence-electron chi connectivity index (χ0n) is 12.2. The molecule has 2 aromatic heterocycles. The summed E-state index contributed by atoms with van der Waals surface area (Å²) in [5, 5.41) is 11.4. The van der Waals surface area contributed by atoms with Gasteiger partial charge >= 0.3 is 0 Å². The lowest BCUT2D eigenvalue weighted by Crippen LogP contribution is -2.15. The maximum absolute atomic E-state index is 11.2. The first-order valence-electron chi connectivity index (χ1n) is 6.62. The van der Waals surface area contributed by atoms with Gasteiger partial charge in [-0.05, 0) is 39.8 Å². The number of nitrogens with one attached hydrogen (secondary N) is 1. The zero-order valence-corrected chi connectivity index (χ0v) is 12.2. The number of aromatic nitrogens is 4. The Morgan fingerprint density at radius 3 is 2.60 bits per heavy atom. The normalized spacial score (nSPS) is 12.4. The molecule has 20 heavy (non-hydrogen) atoms. The van der Waals surface area contributed by atoms with Crippen LogP contribution in [0.15, 0.2) is 24.7 Å². The Kier molecular flexibility index (Phi) is 4.12. The molecule has 0 saturated carbocycles. The van der Waals surface area contributed by atoms with E-state index in [1.54, 1.807) is 24.7 Å². The van der Waals surface area contributed by atoms with Gasteiger partial charge in [-0.3, -0.25) is 4.79 Å². The molecule has 0 aliphatic heterocycles. The van der Waals surface area contributed by atoms with Gasteiger partial charge in [-0.1, -0.05) is 0 Å². The zero-order chi connectivity index (χ0) is 14.7. The Balaban J connectivity index is 2.13. The van der Waals surface area contributed by atoms with Gasteiger partial charge in [0.25, 0.3) is 0 Å². The molecule has 0 aliphatic carbocycles. The first kappa shape index (κ1) is 14.2. The third kappa shape index (κ3) is 3.01.